The molecular weight excluding hydrogens is 561 g/mol. The summed E-state index contributed by atoms with van der Waals surface area (Å²) < 4.78 is -0.231. The van der Waals surface area contributed by atoms with Crippen molar-refractivity contribution in [3.05, 3.63) is 114 Å². The Balaban J connectivity index is 0.000001000. The van der Waals surface area contributed by atoms with Gasteiger partial charge in [-0.2, -0.15) is 23.8 Å². The Bertz CT molecular complexity index is 1110. The molecule has 2 aliphatic carbocycles. The van der Waals surface area contributed by atoms with Gasteiger partial charge in [0.1, 0.15) is 0 Å². The first-order chi connectivity index (χ1) is 12.8. The molecule has 3 aromatic rings. The van der Waals surface area contributed by atoms with Crippen molar-refractivity contribution in [3.8, 4) is 0 Å². The van der Waals surface area contributed by atoms with E-state index in [1.807, 2.05) is 6.08 Å². The summed E-state index contributed by atoms with van der Waals surface area (Å²) in [5.74, 6) is 0. The van der Waals surface area contributed by atoms with E-state index in [2.05, 4.69) is 113 Å². The SMILES string of the molecule is BrC1(P(c2ccccc2)[c-]2ccc3ccccc32)C=CC=C2[C-]=CC=C21.[Cl-].[Cl-].[Zr+4]. The second-order valence-electron chi connectivity index (χ2n) is 6.48. The molecule has 0 nitrogen and oxygen atoms in total. The van der Waals surface area contributed by atoms with E-state index in [1.165, 1.54) is 32.5 Å². The molecule has 0 fully saturated rings. The molecule has 0 aliphatic heterocycles. The van der Waals surface area contributed by atoms with E-state index < -0.39 is 7.92 Å². The van der Waals surface area contributed by atoms with E-state index >= 15 is 0 Å². The predicted octanol–water partition coefficient (Wildman–Crippen LogP) is -0.116. The van der Waals surface area contributed by atoms with Gasteiger partial charge >= 0.3 is 26.2 Å². The van der Waals surface area contributed by atoms with Gasteiger partial charge in [-0.15, -0.1) is 64.1 Å². The molecule has 2 aliphatic rings. The molecule has 0 saturated carbocycles. The van der Waals surface area contributed by atoms with Crippen molar-refractivity contribution in [2.75, 3.05) is 0 Å². The Morgan fingerprint density at radius 1 is 0.897 bits per heavy atom. The van der Waals surface area contributed by atoms with Gasteiger partial charge < -0.3 is 24.8 Å². The average Bonchev–Trinajstić information content (AvgIpc) is 3.31. The second-order valence-corrected chi connectivity index (χ2v) is 10.7. The molecule has 3 aromatic carbocycles. The Hall–Kier alpha value is -0.617. The van der Waals surface area contributed by atoms with Crippen LogP contribution in [-0.2, 0) is 26.2 Å². The fraction of sp³-hybridized carbons (Fsp3) is 0.0417. The average molecular weight is 577 g/mol. The standard InChI is InChI=1S/C24H16BrP.2ClH.Zr/c25-24(17-7-10-19-9-6-14-22(19)24)26(20-11-2-1-3-12-20)23-16-15-18-8-4-5-13-21(18)23;;;/h1-8,10-17H;2*1H;/q-2;;;+4/p-2. The molecule has 5 rings (SSSR count). The monoisotopic (exact) mass is 574 g/mol. The van der Waals surface area contributed by atoms with Crippen LogP contribution in [0.2, 0.25) is 0 Å². The number of fused-ring (bicyclic) bond motifs is 2. The minimum atomic E-state index is -0.685. The number of halogens is 3. The van der Waals surface area contributed by atoms with E-state index in [-0.39, 0.29) is 55.1 Å². The maximum atomic E-state index is 4.19. The van der Waals surface area contributed by atoms with Crippen LogP contribution in [0.5, 0.6) is 0 Å². The van der Waals surface area contributed by atoms with Crippen molar-refractivity contribution in [3.63, 3.8) is 0 Å². The smallest absolute Gasteiger partial charge is 1.00 e. The third-order valence-electron chi connectivity index (χ3n) is 4.97. The van der Waals surface area contributed by atoms with Gasteiger partial charge in [-0.3, -0.25) is 0 Å². The Labute approximate surface area is 213 Å². The van der Waals surface area contributed by atoms with E-state index in [0.717, 1.165) is 0 Å². The Morgan fingerprint density at radius 2 is 1.62 bits per heavy atom. The van der Waals surface area contributed by atoms with Crippen LogP contribution in [-0.4, -0.2) is 4.07 Å². The van der Waals surface area contributed by atoms with Gasteiger partial charge in [-0.05, 0) is 5.30 Å². The molecule has 142 valence electrons. The molecule has 0 amide bonds. The van der Waals surface area contributed by atoms with Crippen molar-refractivity contribution in [1.82, 2.24) is 0 Å². The van der Waals surface area contributed by atoms with Gasteiger partial charge in [0.15, 0.2) is 0 Å². The van der Waals surface area contributed by atoms with Gasteiger partial charge in [-0.1, -0.05) is 66.3 Å². The zero-order valence-corrected chi connectivity index (χ0v) is 21.8. The van der Waals surface area contributed by atoms with Crippen LogP contribution in [0.25, 0.3) is 10.8 Å². The molecule has 2 atom stereocenters. The molecule has 0 bridgehead atoms. The third-order valence-corrected chi connectivity index (χ3v) is 9.46. The van der Waals surface area contributed by atoms with Gasteiger partial charge in [0.25, 0.3) is 0 Å². The molecule has 0 aromatic heterocycles. The summed E-state index contributed by atoms with van der Waals surface area (Å²) in [5, 5.41) is 5.44. The summed E-state index contributed by atoms with van der Waals surface area (Å²) >= 11 is 4.19. The fourth-order valence-corrected chi connectivity index (χ4v) is 8.29. The van der Waals surface area contributed by atoms with Crippen LogP contribution in [0, 0.1) is 6.08 Å². The van der Waals surface area contributed by atoms with Crippen LogP contribution in [0.15, 0.2) is 108 Å². The van der Waals surface area contributed by atoms with Crippen LogP contribution < -0.4 is 35.4 Å². The van der Waals surface area contributed by atoms with Gasteiger partial charge in [-0.25, -0.2) is 0 Å². The van der Waals surface area contributed by atoms with Gasteiger partial charge in [0.05, 0.1) is 0 Å². The minimum Gasteiger partial charge on any atom is -1.00 e. The van der Waals surface area contributed by atoms with Crippen molar-refractivity contribution in [1.29, 1.82) is 0 Å². The largest absolute Gasteiger partial charge is 4.00 e. The number of hydrogen-bond donors (Lipinski definition) is 0. The molecule has 0 heterocycles. The van der Waals surface area contributed by atoms with Crippen LogP contribution in [0.4, 0.5) is 0 Å². The quantitative estimate of drug-likeness (QED) is 0.232. The predicted molar refractivity (Wildman–Crippen MR) is 117 cm³/mol. The molecule has 0 spiro atoms. The van der Waals surface area contributed by atoms with Gasteiger partial charge in [0.2, 0.25) is 0 Å². The summed E-state index contributed by atoms with van der Waals surface area (Å²) in [6.07, 6.45) is 14.2. The third kappa shape index (κ3) is 4.26. The number of hydrogen-bond acceptors (Lipinski definition) is 0. The summed E-state index contributed by atoms with van der Waals surface area (Å²) in [6, 6.07) is 24.1. The maximum Gasteiger partial charge on any atom is 4.00 e. The van der Waals surface area contributed by atoms with Crippen LogP contribution >= 0.6 is 23.9 Å². The summed E-state index contributed by atoms with van der Waals surface area (Å²) in [5.41, 5.74) is 2.49. The number of rotatable bonds is 3. The van der Waals surface area contributed by atoms with E-state index in [9.17, 15) is 0 Å². The van der Waals surface area contributed by atoms with Crippen molar-refractivity contribution < 1.29 is 51.0 Å². The Morgan fingerprint density at radius 3 is 2.41 bits per heavy atom. The summed E-state index contributed by atoms with van der Waals surface area (Å²) in [7, 11) is -0.685. The number of allylic oxidation sites excluding steroid dienone is 8. The first kappa shape index (κ1) is 24.7. The number of benzene rings is 2. The molecule has 0 saturated heterocycles. The van der Waals surface area contributed by atoms with Crippen LogP contribution in [0.3, 0.4) is 0 Å². The van der Waals surface area contributed by atoms with Crippen molar-refractivity contribution in [2.45, 2.75) is 4.07 Å². The normalized spacial score (nSPS) is 19.9. The van der Waals surface area contributed by atoms with Crippen molar-refractivity contribution >= 4 is 45.2 Å². The first-order valence-electron chi connectivity index (χ1n) is 8.66. The van der Waals surface area contributed by atoms with Crippen LogP contribution in [0.1, 0.15) is 0 Å². The van der Waals surface area contributed by atoms with Gasteiger partial charge in [0, 0.05) is 4.07 Å². The minimum absolute atomic E-state index is 0. The first-order valence-corrected chi connectivity index (χ1v) is 10.8. The molecule has 0 N–H and O–H groups in total. The zero-order valence-electron chi connectivity index (χ0n) is 15.3. The summed E-state index contributed by atoms with van der Waals surface area (Å²) in [4.78, 5) is 0. The fourth-order valence-electron chi connectivity index (χ4n) is 3.79. The molecule has 2 unspecified atom stereocenters. The van der Waals surface area contributed by atoms with Crippen molar-refractivity contribution in [2.24, 2.45) is 0 Å². The topological polar surface area (TPSA) is 0 Å². The van der Waals surface area contributed by atoms with E-state index in [0.29, 0.717) is 0 Å². The second kappa shape index (κ2) is 10.1. The molecule has 5 heteroatoms. The number of alkyl halides is 1. The van der Waals surface area contributed by atoms with E-state index in [1.54, 1.807) is 0 Å². The van der Waals surface area contributed by atoms with E-state index in [4.69, 9.17) is 0 Å². The maximum absolute atomic E-state index is 4.19. The molecule has 29 heavy (non-hydrogen) atoms. The molecule has 0 radical (unpaired) electrons. The molecular formula is C24H16BrCl2PZr. The zero-order chi connectivity index (χ0) is 17.6. The summed E-state index contributed by atoms with van der Waals surface area (Å²) in [6.45, 7) is 0. The Kier molecular flexibility index (Phi) is 8.61.